The normalized spacial score (nSPS) is 19.5. The lowest BCUT2D eigenvalue weighted by atomic mass is 9.85. The number of allylic oxidation sites excluding steroid dienone is 4. The highest BCUT2D eigenvalue weighted by atomic mass is 15.6. The molecule has 0 bridgehead atoms. The van der Waals surface area contributed by atoms with Crippen molar-refractivity contribution in [2.45, 2.75) is 52.4 Å². The van der Waals surface area contributed by atoms with E-state index >= 15 is 0 Å². The van der Waals surface area contributed by atoms with Crippen LogP contribution in [0.1, 0.15) is 78.0 Å². The van der Waals surface area contributed by atoms with Crippen molar-refractivity contribution in [3.05, 3.63) is 224 Å². The lowest BCUT2D eigenvalue weighted by molar-refractivity contribution is -0.834. The van der Waals surface area contributed by atoms with Gasteiger partial charge in [0.15, 0.2) is 0 Å². The summed E-state index contributed by atoms with van der Waals surface area (Å²) in [6, 6.07) is 48.2. The first-order valence-electron chi connectivity index (χ1n) is 20.0. The second-order valence-electron chi connectivity index (χ2n) is 17.0. The molecule has 0 fully saturated rings. The van der Waals surface area contributed by atoms with Crippen LogP contribution in [-0.4, -0.2) is 29.7 Å². The Bertz CT molecular complexity index is 3090. The molecule has 1 atom stereocenters. The van der Waals surface area contributed by atoms with Gasteiger partial charge in [0.25, 0.3) is 0 Å². The number of aromatic nitrogens is 2. The molecule has 4 nitrogen and oxygen atoms in total. The van der Waals surface area contributed by atoms with Crippen molar-refractivity contribution in [1.82, 2.24) is 9.13 Å². The highest BCUT2D eigenvalue weighted by Gasteiger charge is 2.72. The number of rotatable bonds is 5. The minimum atomic E-state index is -0.779. The molecule has 268 valence electrons. The first kappa shape index (κ1) is 31.8. The Balaban J connectivity index is 1.28. The molecule has 4 heteroatoms. The van der Waals surface area contributed by atoms with Crippen molar-refractivity contribution in [1.29, 1.82) is 0 Å². The third kappa shape index (κ3) is 3.84. The molecule has 0 radical (unpaired) electrons. The van der Waals surface area contributed by atoms with E-state index in [1.807, 2.05) is 0 Å². The molecule has 0 amide bonds. The van der Waals surface area contributed by atoms with E-state index in [0.29, 0.717) is 0 Å². The summed E-state index contributed by atoms with van der Waals surface area (Å²) in [5, 5.41) is 2.44. The summed E-state index contributed by atoms with van der Waals surface area (Å²) in [7, 11) is 0. The predicted molar refractivity (Wildman–Crippen MR) is 226 cm³/mol. The Kier molecular flexibility index (Phi) is 6.15. The first-order valence-corrected chi connectivity index (χ1v) is 20.0. The van der Waals surface area contributed by atoms with E-state index in [9.17, 15) is 0 Å². The van der Waals surface area contributed by atoms with E-state index in [2.05, 4.69) is 205 Å². The maximum Gasteiger partial charge on any atom is 0.553 e. The Morgan fingerprint density at radius 1 is 0.500 bits per heavy atom. The lowest BCUT2D eigenvalue weighted by Gasteiger charge is -2.41. The smallest absolute Gasteiger partial charge is 0.198 e. The summed E-state index contributed by atoms with van der Waals surface area (Å²) in [5.74, 6) is -0.779. The third-order valence-electron chi connectivity index (χ3n) is 12.9. The molecule has 2 aromatic heterocycles. The van der Waals surface area contributed by atoms with Gasteiger partial charge in [-0.1, -0.05) is 146 Å². The zero-order valence-electron chi connectivity index (χ0n) is 32.4. The SMILES string of the molecule is CCc1ccc(C2=C3C=CC4=[N+]3[C@]35n6c2ccc6C(c2ccc(C(C)(C)C)cc2)=C2C=CC(=[N+]23)C(c2ccc(C)cc2)=c2ccc(n25)=C4c2ccccc2)cc1. The Morgan fingerprint density at radius 3 is 1.50 bits per heavy atom. The van der Waals surface area contributed by atoms with Crippen LogP contribution in [0.2, 0.25) is 0 Å². The van der Waals surface area contributed by atoms with Gasteiger partial charge in [-0.25, -0.2) is 0 Å². The molecule has 0 N–H and O–H groups in total. The molecule has 0 aliphatic carbocycles. The van der Waals surface area contributed by atoms with E-state index < -0.39 is 5.91 Å². The predicted octanol–water partition coefficient (Wildman–Crippen LogP) is 8.59. The summed E-state index contributed by atoms with van der Waals surface area (Å²) in [5.41, 5.74) is 21.3. The average molecular weight is 723 g/mol. The molecular weight excluding hydrogens is 681 g/mol. The standard InChI is InChI=1S/C52H42N4/c1-6-33-14-18-36(19-15-33)49-43-27-25-40-47(34-10-8-7-9-11-34)39-24-26-41-48(35-16-12-32(2)13-17-35)42-28-30-45-50(37-20-22-38(23-21-37)51(3,4)5)46-31-29-44(49)56(46)52(53(39)41,54(40)43)55(42)45/h7-31H,6H2,1-5H3/q+2/t52-/m0/s1. The molecule has 12 rings (SSSR count). The van der Waals surface area contributed by atoms with E-state index in [-0.39, 0.29) is 5.41 Å². The van der Waals surface area contributed by atoms with E-state index in [0.717, 1.165) is 6.42 Å². The zero-order chi connectivity index (χ0) is 37.7. The molecule has 6 aromatic rings. The minimum absolute atomic E-state index is 0.0643. The summed E-state index contributed by atoms with van der Waals surface area (Å²) in [4.78, 5) is 0. The first-order chi connectivity index (χ1) is 27.3. The summed E-state index contributed by atoms with van der Waals surface area (Å²) < 4.78 is 10.7. The van der Waals surface area contributed by atoms with Crippen LogP contribution in [0, 0.1) is 6.92 Å². The number of nitrogens with zero attached hydrogens (tertiary/aromatic N) is 4. The molecule has 0 saturated heterocycles. The van der Waals surface area contributed by atoms with Gasteiger partial charge in [0.05, 0.1) is 44.4 Å². The summed E-state index contributed by atoms with van der Waals surface area (Å²) >= 11 is 0. The minimum Gasteiger partial charge on any atom is -0.198 e. The quantitative estimate of drug-likeness (QED) is 0.159. The molecule has 6 aliphatic heterocycles. The van der Waals surface area contributed by atoms with Crippen molar-refractivity contribution in [2.24, 2.45) is 0 Å². The van der Waals surface area contributed by atoms with Gasteiger partial charge in [0.1, 0.15) is 0 Å². The highest BCUT2D eigenvalue weighted by Crippen LogP contribution is 2.53. The number of aryl methyl sites for hydroxylation is 2. The zero-order valence-corrected chi connectivity index (χ0v) is 32.4. The number of hydrogen-bond acceptors (Lipinski definition) is 0. The molecule has 6 aliphatic rings. The van der Waals surface area contributed by atoms with Gasteiger partial charge in [-0.2, -0.15) is 9.13 Å². The van der Waals surface area contributed by atoms with Crippen LogP contribution in [0.25, 0.3) is 22.3 Å². The Labute approximate surface area is 327 Å². The monoisotopic (exact) mass is 722 g/mol. The molecule has 0 saturated carbocycles. The van der Waals surface area contributed by atoms with Crippen LogP contribution in [0.15, 0.2) is 163 Å². The fourth-order valence-corrected chi connectivity index (χ4v) is 10.3. The molecule has 56 heavy (non-hydrogen) atoms. The summed E-state index contributed by atoms with van der Waals surface area (Å²) in [6.45, 7) is 11.3. The topological polar surface area (TPSA) is 15.9 Å². The van der Waals surface area contributed by atoms with Gasteiger partial charge in [0.2, 0.25) is 22.8 Å². The van der Waals surface area contributed by atoms with Gasteiger partial charge < -0.3 is 0 Å². The van der Waals surface area contributed by atoms with E-state index in [1.165, 1.54) is 106 Å². The van der Waals surface area contributed by atoms with Crippen molar-refractivity contribution < 1.29 is 9.15 Å². The van der Waals surface area contributed by atoms with Crippen molar-refractivity contribution >= 4 is 33.7 Å². The van der Waals surface area contributed by atoms with Gasteiger partial charge in [-0.15, -0.1) is 0 Å². The molecule has 8 heterocycles. The average Bonchev–Trinajstić information content (AvgIpc) is 4.04. The largest absolute Gasteiger partial charge is 0.553 e. The second kappa shape index (κ2) is 10.8. The van der Waals surface area contributed by atoms with Crippen molar-refractivity contribution in [3.8, 4) is 0 Å². The van der Waals surface area contributed by atoms with Crippen LogP contribution in [0.5, 0.6) is 0 Å². The number of benzene rings is 4. The summed E-state index contributed by atoms with van der Waals surface area (Å²) in [6.07, 6.45) is 10.5. The van der Waals surface area contributed by atoms with Gasteiger partial charge in [-0.3, -0.25) is 0 Å². The van der Waals surface area contributed by atoms with Crippen LogP contribution >= 0.6 is 0 Å². The molecule has 1 spiro atoms. The fourth-order valence-electron chi connectivity index (χ4n) is 10.3. The van der Waals surface area contributed by atoms with Crippen molar-refractivity contribution in [3.63, 3.8) is 0 Å². The Hall–Kier alpha value is -6.52. The second-order valence-corrected chi connectivity index (χ2v) is 17.0. The van der Waals surface area contributed by atoms with Crippen LogP contribution in [0.4, 0.5) is 0 Å². The molecular formula is C52H42N4+2. The maximum absolute atomic E-state index is 2.68. The molecule has 0 unspecified atom stereocenters. The highest BCUT2D eigenvalue weighted by molar-refractivity contribution is 6.29. The van der Waals surface area contributed by atoms with E-state index in [4.69, 9.17) is 0 Å². The van der Waals surface area contributed by atoms with Gasteiger partial charge in [0, 0.05) is 24.3 Å². The van der Waals surface area contributed by atoms with Gasteiger partial charge >= 0.3 is 5.91 Å². The Morgan fingerprint density at radius 2 is 0.982 bits per heavy atom. The fraction of sp³-hybridized carbons (Fsp3) is 0.154. The van der Waals surface area contributed by atoms with Gasteiger partial charge in [-0.05, 0) is 76.4 Å². The van der Waals surface area contributed by atoms with Crippen LogP contribution in [-0.2, 0) is 17.7 Å². The van der Waals surface area contributed by atoms with Crippen LogP contribution in [0.3, 0.4) is 0 Å². The lowest BCUT2D eigenvalue weighted by Crippen LogP contribution is -2.71. The maximum atomic E-state index is 2.68. The molecule has 4 aromatic carbocycles. The van der Waals surface area contributed by atoms with Crippen molar-refractivity contribution in [2.75, 3.05) is 0 Å². The third-order valence-corrected chi connectivity index (χ3v) is 12.9. The van der Waals surface area contributed by atoms with E-state index in [1.54, 1.807) is 0 Å². The van der Waals surface area contributed by atoms with Crippen LogP contribution < -0.4 is 10.7 Å². The number of hydrogen-bond donors (Lipinski definition) is 0.